The molecule has 2 unspecified atom stereocenters. The predicted molar refractivity (Wildman–Crippen MR) is 136 cm³/mol. The van der Waals surface area contributed by atoms with E-state index in [4.69, 9.17) is 14.3 Å². The van der Waals surface area contributed by atoms with Gasteiger partial charge in [-0.05, 0) is 48.4 Å². The molecule has 1 aromatic heterocycles. The van der Waals surface area contributed by atoms with Crippen LogP contribution < -0.4 is 5.63 Å². The van der Waals surface area contributed by atoms with Gasteiger partial charge >= 0.3 is 5.63 Å². The van der Waals surface area contributed by atoms with Gasteiger partial charge in [-0.3, -0.25) is 9.59 Å². The Morgan fingerprint density at radius 2 is 1.85 bits per heavy atom. The maximum atomic E-state index is 12.7. The molecule has 0 radical (unpaired) electrons. The number of carboxylic acid groups (broad SMARTS) is 1. The first-order valence-electron chi connectivity index (χ1n) is 11.8. The van der Waals surface area contributed by atoms with Gasteiger partial charge in [0.05, 0.1) is 0 Å². The molecule has 1 fully saturated rings. The number of nitrogens with zero attached hydrogens (tertiary/aromatic N) is 1. The first-order valence-corrected chi connectivity index (χ1v) is 11.8. The van der Waals surface area contributed by atoms with Gasteiger partial charge in [-0.15, -0.1) is 0 Å². The molecule has 0 saturated carbocycles. The molecule has 0 spiro atoms. The number of rotatable bonds is 4. The second-order valence-electron chi connectivity index (χ2n) is 8.51. The summed E-state index contributed by atoms with van der Waals surface area (Å²) in [5.41, 5.74) is 4.25. The van der Waals surface area contributed by atoms with Gasteiger partial charge in [0.1, 0.15) is 5.58 Å². The third-order valence-corrected chi connectivity index (χ3v) is 5.94. The zero-order valence-electron chi connectivity index (χ0n) is 20.7. The molecule has 0 aliphatic carbocycles. The SMILES string of the molecule is CC.Cc1ccccc1-c1cc(=O)oc2cc(CC(C)C(=O)N3CCC(C)C3)ccc12.O=CO. The van der Waals surface area contributed by atoms with Crippen LogP contribution in [0.15, 0.2) is 57.7 Å². The molecule has 2 atom stereocenters. The number of hydrogen-bond acceptors (Lipinski definition) is 4. The van der Waals surface area contributed by atoms with Crippen molar-refractivity contribution in [3.63, 3.8) is 0 Å². The van der Waals surface area contributed by atoms with E-state index in [1.165, 1.54) is 0 Å². The van der Waals surface area contributed by atoms with E-state index in [1.807, 2.05) is 75.1 Å². The number of fused-ring (bicyclic) bond motifs is 1. The summed E-state index contributed by atoms with van der Waals surface area (Å²) in [6.07, 6.45) is 1.72. The molecule has 6 nitrogen and oxygen atoms in total. The zero-order valence-corrected chi connectivity index (χ0v) is 20.7. The van der Waals surface area contributed by atoms with Crippen LogP contribution in [0.5, 0.6) is 0 Å². The quantitative estimate of drug-likeness (QED) is 0.404. The molecule has 1 saturated heterocycles. The Kier molecular flexibility index (Phi) is 10.0. The van der Waals surface area contributed by atoms with Crippen molar-refractivity contribution in [1.29, 1.82) is 0 Å². The first-order chi connectivity index (χ1) is 16.3. The fourth-order valence-electron chi connectivity index (χ4n) is 4.32. The van der Waals surface area contributed by atoms with Crippen molar-refractivity contribution in [3.8, 4) is 11.1 Å². The van der Waals surface area contributed by atoms with Gasteiger partial charge in [0.25, 0.3) is 6.47 Å². The largest absolute Gasteiger partial charge is 0.483 e. The number of carbonyl (C=O) groups is 2. The fourth-order valence-corrected chi connectivity index (χ4v) is 4.32. The van der Waals surface area contributed by atoms with Crippen LogP contribution in [0.4, 0.5) is 0 Å². The number of aryl methyl sites for hydroxylation is 1. The maximum Gasteiger partial charge on any atom is 0.336 e. The number of amides is 1. The normalized spacial score (nSPS) is 15.6. The van der Waals surface area contributed by atoms with E-state index < -0.39 is 0 Å². The summed E-state index contributed by atoms with van der Waals surface area (Å²) in [7, 11) is 0. The average Bonchev–Trinajstić information content (AvgIpc) is 3.26. The fraction of sp³-hybridized carbons (Fsp3) is 0.393. The van der Waals surface area contributed by atoms with Crippen LogP contribution in [0.2, 0.25) is 0 Å². The summed E-state index contributed by atoms with van der Waals surface area (Å²) in [5, 5.41) is 7.80. The number of hydrogen-bond donors (Lipinski definition) is 1. The Labute approximate surface area is 201 Å². The molecular formula is C28H35NO5. The summed E-state index contributed by atoms with van der Waals surface area (Å²) < 4.78 is 5.51. The third kappa shape index (κ3) is 6.56. The van der Waals surface area contributed by atoms with Crippen molar-refractivity contribution in [3.05, 3.63) is 70.1 Å². The third-order valence-electron chi connectivity index (χ3n) is 5.94. The van der Waals surface area contributed by atoms with Crippen molar-refractivity contribution in [1.82, 2.24) is 4.90 Å². The van der Waals surface area contributed by atoms with Crippen LogP contribution in [0.3, 0.4) is 0 Å². The van der Waals surface area contributed by atoms with Crippen LogP contribution in [0, 0.1) is 18.8 Å². The highest BCUT2D eigenvalue weighted by Crippen LogP contribution is 2.30. The Morgan fingerprint density at radius 3 is 2.47 bits per heavy atom. The lowest BCUT2D eigenvalue weighted by molar-refractivity contribution is -0.134. The Balaban J connectivity index is 0.000000758. The minimum Gasteiger partial charge on any atom is -0.483 e. The molecular weight excluding hydrogens is 430 g/mol. The molecule has 0 bridgehead atoms. The van der Waals surface area contributed by atoms with Gasteiger partial charge < -0.3 is 14.4 Å². The average molecular weight is 466 g/mol. The van der Waals surface area contributed by atoms with Gasteiger partial charge in [-0.2, -0.15) is 0 Å². The molecule has 2 aromatic carbocycles. The van der Waals surface area contributed by atoms with Crippen LogP contribution in [-0.4, -0.2) is 35.5 Å². The van der Waals surface area contributed by atoms with Crippen molar-refractivity contribution in [2.24, 2.45) is 11.8 Å². The molecule has 34 heavy (non-hydrogen) atoms. The lowest BCUT2D eigenvalue weighted by atomic mass is 9.95. The summed E-state index contributed by atoms with van der Waals surface area (Å²) in [6, 6.07) is 15.5. The molecule has 1 amide bonds. The molecule has 6 heteroatoms. The van der Waals surface area contributed by atoms with Crippen LogP contribution in [0.25, 0.3) is 22.1 Å². The molecule has 3 aromatic rings. The van der Waals surface area contributed by atoms with Gasteiger partial charge in [0, 0.05) is 36.0 Å². The highest BCUT2D eigenvalue weighted by atomic mass is 16.4. The van der Waals surface area contributed by atoms with Crippen LogP contribution in [-0.2, 0) is 16.0 Å². The van der Waals surface area contributed by atoms with E-state index in [0.717, 1.165) is 47.2 Å². The van der Waals surface area contributed by atoms with Crippen LogP contribution >= 0.6 is 0 Å². The summed E-state index contributed by atoms with van der Waals surface area (Å²) in [4.78, 5) is 35.3. The van der Waals surface area contributed by atoms with Gasteiger partial charge in [-0.25, -0.2) is 4.79 Å². The molecule has 1 N–H and O–H groups in total. The van der Waals surface area contributed by atoms with E-state index >= 15 is 0 Å². The lowest BCUT2D eigenvalue weighted by Gasteiger charge is -2.21. The van der Waals surface area contributed by atoms with Gasteiger partial charge in [0.2, 0.25) is 5.91 Å². The predicted octanol–water partition coefficient (Wildman–Crippen LogP) is 5.54. The molecule has 182 valence electrons. The molecule has 1 aliphatic rings. The summed E-state index contributed by atoms with van der Waals surface area (Å²) in [6.45, 7) is 11.7. The first kappa shape index (κ1) is 26.8. The highest BCUT2D eigenvalue weighted by molar-refractivity contribution is 5.94. The minimum absolute atomic E-state index is 0.0935. The number of benzene rings is 2. The van der Waals surface area contributed by atoms with Crippen molar-refractivity contribution < 1.29 is 19.1 Å². The zero-order chi connectivity index (χ0) is 25.3. The topological polar surface area (TPSA) is 87.8 Å². The summed E-state index contributed by atoms with van der Waals surface area (Å²) >= 11 is 0. The monoisotopic (exact) mass is 465 g/mol. The Morgan fingerprint density at radius 1 is 1.18 bits per heavy atom. The van der Waals surface area contributed by atoms with E-state index in [-0.39, 0.29) is 23.9 Å². The van der Waals surface area contributed by atoms with Crippen molar-refractivity contribution in [2.45, 2.75) is 47.5 Å². The molecule has 2 heterocycles. The Bertz CT molecular complexity index is 1170. The number of carbonyl (C=O) groups excluding carboxylic acids is 1. The summed E-state index contributed by atoms with van der Waals surface area (Å²) in [5.74, 6) is 0.703. The molecule has 4 rings (SSSR count). The smallest absolute Gasteiger partial charge is 0.336 e. The van der Waals surface area contributed by atoms with E-state index in [0.29, 0.717) is 17.9 Å². The van der Waals surface area contributed by atoms with Gasteiger partial charge in [0.15, 0.2) is 0 Å². The van der Waals surface area contributed by atoms with Gasteiger partial charge in [-0.1, -0.05) is 64.1 Å². The lowest BCUT2D eigenvalue weighted by Crippen LogP contribution is -2.34. The maximum absolute atomic E-state index is 12.7. The van der Waals surface area contributed by atoms with Crippen molar-refractivity contribution >= 4 is 23.3 Å². The molecule has 1 aliphatic heterocycles. The Hall–Kier alpha value is -3.41. The van der Waals surface area contributed by atoms with E-state index in [1.54, 1.807) is 6.07 Å². The second-order valence-corrected chi connectivity index (χ2v) is 8.51. The highest BCUT2D eigenvalue weighted by Gasteiger charge is 2.27. The number of likely N-dealkylation sites (tertiary alicyclic amines) is 1. The van der Waals surface area contributed by atoms with Crippen molar-refractivity contribution in [2.75, 3.05) is 13.1 Å². The standard InChI is InChI=1S/C25H27NO3.C2H6.CH2O2/c1-16-10-11-26(15-16)25(28)18(3)12-19-8-9-21-22(14-24(27)29-23(21)13-19)20-7-5-4-6-17(20)2;1-2;2-1-3/h4-9,13-14,16,18H,10-12,15H2,1-3H3;1-2H3;1H,(H,2,3). The van der Waals surface area contributed by atoms with E-state index in [2.05, 4.69) is 6.92 Å². The minimum atomic E-state index is -0.358. The van der Waals surface area contributed by atoms with E-state index in [9.17, 15) is 9.59 Å². The second kappa shape index (κ2) is 12.7. The van der Waals surface area contributed by atoms with Crippen LogP contribution in [0.1, 0.15) is 45.2 Å².